The molecule has 4 aromatic rings. The number of rotatable bonds is 8. The van der Waals surface area contributed by atoms with E-state index < -0.39 is 46.5 Å². The van der Waals surface area contributed by atoms with Crippen LogP contribution < -0.4 is 24.8 Å². The average molecular weight is 566 g/mol. The zero-order valence-corrected chi connectivity index (χ0v) is 22.6. The van der Waals surface area contributed by atoms with Crippen LogP contribution in [-0.4, -0.2) is 31.0 Å². The van der Waals surface area contributed by atoms with E-state index in [1.54, 1.807) is 32.0 Å². The quantitative estimate of drug-likeness (QED) is 0.260. The van der Waals surface area contributed by atoms with Crippen LogP contribution in [0.15, 0.2) is 60.8 Å². The van der Waals surface area contributed by atoms with Gasteiger partial charge in [-0.1, -0.05) is 13.8 Å². The molecule has 1 aliphatic rings. The second-order valence-corrected chi connectivity index (χ2v) is 10.2. The van der Waals surface area contributed by atoms with E-state index in [1.807, 2.05) is 0 Å². The molecule has 41 heavy (non-hydrogen) atoms. The molecule has 1 saturated carbocycles. The maximum Gasteiger partial charge on any atom is 0.228 e. The lowest BCUT2D eigenvalue weighted by atomic mass is 10.1. The molecule has 1 aromatic heterocycles. The predicted molar refractivity (Wildman–Crippen MR) is 146 cm³/mol. The largest absolute Gasteiger partial charge is 0.493 e. The fourth-order valence-corrected chi connectivity index (χ4v) is 4.95. The molecule has 1 fully saturated rings. The summed E-state index contributed by atoms with van der Waals surface area (Å²) in [6.07, 6.45) is 1.52. The molecule has 5 rings (SSSR count). The molecule has 0 bridgehead atoms. The lowest BCUT2D eigenvalue weighted by molar-refractivity contribution is -0.122. The Balaban J connectivity index is 1.29. The van der Waals surface area contributed by atoms with Crippen LogP contribution in [0.25, 0.3) is 10.9 Å². The van der Waals surface area contributed by atoms with Gasteiger partial charge in [0, 0.05) is 35.5 Å². The van der Waals surface area contributed by atoms with E-state index in [-0.39, 0.29) is 17.1 Å². The second-order valence-electron chi connectivity index (χ2n) is 10.2. The minimum Gasteiger partial charge on any atom is -0.493 e. The number of nitrogens with one attached hydrogen (secondary N) is 2. The molecule has 1 heterocycles. The van der Waals surface area contributed by atoms with Gasteiger partial charge in [0.05, 0.1) is 37.3 Å². The Morgan fingerprint density at radius 2 is 1.46 bits per heavy atom. The fraction of sp³-hybridized carbons (Fsp3) is 0.233. The first-order valence-electron chi connectivity index (χ1n) is 12.6. The number of benzene rings is 3. The molecule has 8 nitrogen and oxygen atoms in total. The normalized spacial score (nSPS) is 17.0. The highest BCUT2D eigenvalue weighted by atomic mass is 19.1. The Labute approximate surface area is 233 Å². The molecule has 0 spiro atoms. The molecule has 2 atom stereocenters. The van der Waals surface area contributed by atoms with Crippen LogP contribution in [0, 0.1) is 34.7 Å². The molecule has 2 amide bonds. The van der Waals surface area contributed by atoms with Crippen molar-refractivity contribution in [3.63, 3.8) is 0 Å². The van der Waals surface area contributed by atoms with Gasteiger partial charge in [-0.3, -0.25) is 14.6 Å². The molecular weight excluding hydrogens is 539 g/mol. The van der Waals surface area contributed by atoms with Gasteiger partial charge in [-0.25, -0.2) is 13.2 Å². The second kappa shape index (κ2) is 10.6. The van der Waals surface area contributed by atoms with Gasteiger partial charge in [0.25, 0.3) is 0 Å². The van der Waals surface area contributed by atoms with E-state index in [4.69, 9.17) is 14.2 Å². The Kier molecular flexibility index (Phi) is 7.20. The Hall–Kier alpha value is -4.80. The van der Waals surface area contributed by atoms with Gasteiger partial charge in [-0.2, -0.15) is 0 Å². The Morgan fingerprint density at radius 3 is 2.12 bits per heavy atom. The first kappa shape index (κ1) is 27.8. The maximum atomic E-state index is 15.1. The Bertz CT molecular complexity index is 1680. The highest BCUT2D eigenvalue weighted by Gasteiger charge is 2.65. The minimum atomic E-state index is -0.922. The molecular formula is C30H26F3N3O5. The number of pyridine rings is 1. The van der Waals surface area contributed by atoms with Gasteiger partial charge in [-0.15, -0.1) is 0 Å². The monoisotopic (exact) mass is 565 g/mol. The number of aromatic nitrogens is 1. The highest BCUT2D eigenvalue weighted by molar-refractivity contribution is 6.04. The van der Waals surface area contributed by atoms with Gasteiger partial charge in [0.15, 0.2) is 23.1 Å². The van der Waals surface area contributed by atoms with Gasteiger partial charge < -0.3 is 24.8 Å². The predicted octanol–water partition coefficient (Wildman–Crippen LogP) is 6.31. The molecule has 2 N–H and O–H groups in total. The summed E-state index contributed by atoms with van der Waals surface area (Å²) in [6, 6.07) is 11.7. The fourth-order valence-electron chi connectivity index (χ4n) is 4.95. The van der Waals surface area contributed by atoms with E-state index in [2.05, 4.69) is 15.6 Å². The summed E-state index contributed by atoms with van der Waals surface area (Å²) < 4.78 is 58.7. The zero-order chi connectivity index (χ0) is 29.5. The number of hydrogen-bond donors (Lipinski definition) is 2. The molecule has 0 radical (unpaired) electrons. The van der Waals surface area contributed by atoms with Crippen LogP contribution >= 0.6 is 0 Å². The van der Waals surface area contributed by atoms with E-state index >= 15 is 4.39 Å². The van der Waals surface area contributed by atoms with Crippen molar-refractivity contribution in [3.05, 3.63) is 78.2 Å². The van der Waals surface area contributed by atoms with Crippen LogP contribution in [0.5, 0.6) is 23.0 Å². The Morgan fingerprint density at radius 1 is 0.780 bits per heavy atom. The summed E-state index contributed by atoms with van der Waals surface area (Å²) in [5, 5.41) is 5.62. The van der Waals surface area contributed by atoms with E-state index in [0.717, 1.165) is 18.2 Å². The van der Waals surface area contributed by atoms with Gasteiger partial charge in [0.2, 0.25) is 11.8 Å². The van der Waals surface area contributed by atoms with Crippen molar-refractivity contribution in [2.45, 2.75) is 13.8 Å². The van der Waals surface area contributed by atoms with Gasteiger partial charge >= 0.3 is 0 Å². The SMILES string of the molecule is COc1cc2nccc(Oc3ccc(NC(=O)[C@@H]4[C@H](C(=O)Nc5ccc(F)cc5F)C4(C)C)cc3F)c2cc1OC. The molecule has 11 heteroatoms. The number of anilines is 2. The summed E-state index contributed by atoms with van der Waals surface area (Å²) in [6.45, 7) is 3.45. The molecule has 0 saturated heterocycles. The number of nitrogens with zero attached hydrogens (tertiary/aromatic N) is 1. The van der Waals surface area contributed by atoms with Crippen molar-refractivity contribution in [3.8, 4) is 23.0 Å². The lowest BCUT2D eigenvalue weighted by Crippen LogP contribution is -2.21. The van der Waals surface area contributed by atoms with Crippen molar-refractivity contribution < 1.29 is 37.0 Å². The summed E-state index contributed by atoms with van der Waals surface area (Å²) in [7, 11) is 3.00. The smallest absolute Gasteiger partial charge is 0.228 e. The summed E-state index contributed by atoms with van der Waals surface area (Å²) in [5.41, 5.74) is -0.205. The highest BCUT2D eigenvalue weighted by Crippen LogP contribution is 2.59. The number of halogens is 3. The maximum absolute atomic E-state index is 15.1. The van der Waals surface area contributed by atoms with Crippen molar-refractivity contribution in [1.82, 2.24) is 4.98 Å². The van der Waals surface area contributed by atoms with Crippen molar-refractivity contribution in [1.29, 1.82) is 0 Å². The van der Waals surface area contributed by atoms with E-state index in [1.165, 1.54) is 32.5 Å². The van der Waals surface area contributed by atoms with Crippen LogP contribution in [-0.2, 0) is 9.59 Å². The van der Waals surface area contributed by atoms with Crippen LogP contribution in [0.3, 0.4) is 0 Å². The molecule has 0 unspecified atom stereocenters. The molecule has 0 aliphatic heterocycles. The van der Waals surface area contributed by atoms with Crippen molar-refractivity contribution in [2.24, 2.45) is 17.3 Å². The van der Waals surface area contributed by atoms with Crippen LogP contribution in [0.2, 0.25) is 0 Å². The zero-order valence-electron chi connectivity index (χ0n) is 22.6. The number of methoxy groups -OCH3 is 2. The first-order valence-corrected chi connectivity index (χ1v) is 12.6. The van der Waals surface area contributed by atoms with E-state index in [9.17, 15) is 18.4 Å². The van der Waals surface area contributed by atoms with Crippen LogP contribution in [0.4, 0.5) is 24.5 Å². The standard InChI is InChI=1S/C30H26F3N3O5/c1-30(2)26(27(30)29(38)36-20-7-5-15(31)11-18(20)32)28(37)35-16-6-8-23(19(33)12-16)41-22-9-10-34-21-14-25(40-4)24(39-3)13-17(21)22/h5-14,26-27H,1-4H3,(H,35,37)(H,36,38)/t26-,27+/m0/s1. The van der Waals surface area contributed by atoms with Crippen LogP contribution in [0.1, 0.15) is 13.8 Å². The summed E-state index contributed by atoms with van der Waals surface area (Å²) in [4.78, 5) is 30.1. The number of amides is 2. The third kappa shape index (κ3) is 5.34. The minimum absolute atomic E-state index is 0.0874. The number of carbonyl (C=O) groups is 2. The topological polar surface area (TPSA) is 98.8 Å². The van der Waals surface area contributed by atoms with Gasteiger partial charge in [0.1, 0.15) is 17.4 Å². The van der Waals surface area contributed by atoms with Crippen molar-refractivity contribution in [2.75, 3.05) is 24.9 Å². The third-order valence-electron chi connectivity index (χ3n) is 7.21. The van der Waals surface area contributed by atoms with E-state index in [0.29, 0.717) is 34.2 Å². The number of carbonyl (C=O) groups excluding carboxylic acids is 2. The summed E-state index contributed by atoms with van der Waals surface area (Å²) >= 11 is 0. The molecule has 212 valence electrons. The summed E-state index contributed by atoms with van der Waals surface area (Å²) in [5.74, 6) is -3.84. The molecule has 3 aromatic carbocycles. The van der Waals surface area contributed by atoms with Gasteiger partial charge in [-0.05, 0) is 41.8 Å². The lowest BCUT2D eigenvalue weighted by Gasteiger charge is -2.13. The number of hydrogen-bond acceptors (Lipinski definition) is 6. The number of ether oxygens (including phenoxy) is 3. The van der Waals surface area contributed by atoms with Crippen molar-refractivity contribution >= 4 is 34.1 Å². The molecule has 1 aliphatic carbocycles. The first-order chi connectivity index (χ1) is 19.5. The number of fused-ring (bicyclic) bond motifs is 1. The third-order valence-corrected chi connectivity index (χ3v) is 7.21. The average Bonchev–Trinajstić information content (AvgIpc) is 3.53.